The number of piperidine rings is 2. The molecule has 0 amide bonds. The first-order valence-electron chi connectivity index (χ1n) is 9.59. The second kappa shape index (κ2) is 8.55. The van der Waals surface area contributed by atoms with E-state index in [9.17, 15) is 15.4 Å². The summed E-state index contributed by atoms with van der Waals surface area (Å²) >= 11 is 0. The van der Waals surface area contributed by atoms with Gasteiger partial charge >= 0.3 is 5.69 Å². The maximum atomic E-state index is 11.6. The molecule has 0 unspecified atom stereocenters. The predicted molar refractivity (Wildman–Crippen MR) is 106 cm³/mol. The first-order chi connectivity index (χ1) is 13.0. The van der Waals surface area contributed by atoms with E-state index >= 15 is 0 Å². The van der Waals surface area contributed by atoms with Gasteiger partial charge in [0.25, 0.3) is 0 Å². The number of hydrogen-bond donors (Lipinski definition) is 2. The molecule has 2 fully saturated rings. The summed E-state index contributed by atoms with van der Waals surface area (Å²) in [5.41, 5.74) is 1.21. The summed E-state index contributed by atoms with van der Waals surface area (Å²) < 4.78 is 0. The fourth-order valence-corrected chi connectivity index (χ4v) is 3.87. The number of anilines is 2. The van der Waals surface area contributed by atoms with Crippen LogP contribution >= 0.6 is 0 Å². The molecule has 146 valence electrons. The average molecular weight is 372 g/mol. The highest BCUT2D eigenvalue weighted by Crippen LogP contribution is 2.34. The summed E-state index contributed by atoms with van der Waals surface area (Å²) in [6.07, 6.45) is 3.91. The number of nitriles is 1. The molecule has 0 bridgehead atoms. The van der Waals surface area contributed by atoms with Gasteiger partial charge in [-0.2, -0.15) is 5.26 Å². The van der Waals surface area contributed by atoms with Crippen molar-refractivity contribution >= 4 is 17.1 Å². The molecule has 0 atom stereocenters. The van der Waals surface area contributed by atoms with E-state index in [0.717, 1.165) is 57.5 Å². The number of nitro groups is 1. The van der Waals surface area contributed by atoms with Crippen molar-refractivity contribution in [2.45, 2.75) is 37.8 Å². The van der Waals surface area contributed by atoms with E-state index in [4.69, 9.17) is 0 Å². The average Bonchev–Trinajstić information content (AvgIpc) is 2.65. The lowest BCUT2D eigenvalue weighted by Gasteiger charge is -2.31. The molecular formula is C19H28N6O2. The molecule has 2 saturated heterocycles. The lowest BCUT2D eigenvalue weighted by atomic mass is 10.0. The van der Waals surface area contributed by atoms with E-state index < -0.39 is 4.92 Å². The summed E-state index contributed by atoms with van der Waals surface area (Å²) in [6, 6.07) is 5.93. The second-order valence-corrected chi connectivity index (χ2v) is 7.73. The van der Waals surface area contributed by atoms with Gasteiger partial charge in [-0.1, -0.05) is 0 Å². The van der Waals surface area contributed by atoms with Crippen molar-refractivity contribution in [3.8, 4) is 6.07 Å². The largest absolute Gasteiger partial charge is 0.382 e. The minimum atomic E-state index is -0.449. The maximum Gasteiger partial charge on any atom is 0.310 e. The molecule has 1 aromatic carbocycles. The fraction of sp³-hybridized carbons (Fsp3) is 0.632. The Bertz CT molecular complexity index is 716. The number of nitrogens with one attached hydrogen (secondary N) is 2. The molecular weight excluding hydrogens is 344 g/mol. The van der Waals surface area contributed by atoms with Crippen molar-refractivity contribution in [1.29, 1.82) is 5.26 Å². The molecule has 2 aliphatic heterocycles. The van der Waals surface area contributed by atoms with Gasteiger partial charge in [0.15, 0.2) is 0 Å². The van der Waals surface area contributed by atoms with Gasteiger partial charge in [0, 0.05) is 17.8 Å². The Balaban J connectivity index is 1.82. The molecule has 0 aliphatic carbocycles. The molecule has 0 radical (unpaired) electrons. The van der Waals surface area contributed by atoms with E-state index in [-0.39, 0.29) is 17.3 Å². The van der Waals surface area contributed by atoms with Gasteiger partial charge in [-0.3, -0.25) is 10.1 Å². The lowest BCUT2D eigenvalue weighted by Crippen LogP contribution is -2.37. The van der Waals surface area contributed by atoms with E-state index in [1.165, 1.54) is 0 Å². The zero-order valence-corrected chi connectivity index (χ0v) is 16.1. The highest BCUT2D eigenvalue weighted by molar-refractivity contribution is 5.75. The van der Waals surface area contributed by atoms with Crippen molar-refractivity contribution in [3.63, 3.8) is 0 Å². The Labute approximate surface area is 160 Å². The van der Waals surface area contributed by atoms with Crippen molar-refractivity contribution in [3.05, 3.63) is 27.8 Å². The molecule has 2 aliphatic rings. The van der Waals surface area contributed by atoms with Gasteiger partial charge in [0.05, 0.1) is 4.92 Å². The van der Waals surface area contributed by atoms with Crippen LogP contribution in [0.3, 0.4) is 0 Å². The zero-order valence-electron chi connectivity index (χ0n) is 16.1. The summed E-state index contributed by atoms with van der Waals surface area (Å²) in [7, 11) is 4.19. The minimum absolute atomic E-state index is 0.105. The predicted octanol–water partition coefficient (Wildman–Crippen LogP) is 2.48. The molecule has 0 spiro atoms. The quantitative estimate of drug-likeness (QED) is 0.605. The van der Waals surface area contributed by atoms with Gasteiger partial charge < -0.3 is 20.4 Å². The third-order valence-electron chi connectivity index (χ3n) is 5.58. The highest BCUT2D eigenvalue weighted by atomic mass is 16.6. The molecule has 0 aromatic heterocycles. The summed E-state index contributed by atoms with van der Waals surface area (Å²) in [4.78, 5) is 15.7. The van der Waals surface area contributed by atoms with Crippen LogP contribution in [-0.2, 0) is 0 Å². The van der Waals surface area contributed by atoms with Crippen molar-refractivity contribution < 1.29 is 4.92 Å². The Morgan fingerprint density at radius 3 is 2.04 bits per heavy atom. The van der Waals surface area contributed by atoms with Gasteiger partial charge in [-0.15, -0.1) is 0 Å². The van der Waals surface area contributed by atoms with Gasteiger partial charge in [-0.05, 0) is 78.1 Å². The van der Waals surface area contributed by atoms with Crippen LogP contribution in [0.1, 0.15) is 31.2 Å². The second-order valence-electron chi connectivity index (χ2n) is 7.73. The van der Waals surface area contributed by atoms with Crippen LogP contribution in [0.5, 0.6) is 0 Å². The Morgan fingerprint density at radius 1 is 1.04 bits per heavy atom. The molecule has 27 heavy (non-hydrogen) atoms. The van der Waals surface area contributed by atoms with Crippen molar-refractivity contribution in [2.24, 2.45) is 0 Å². The fourth-order valence-electron chi connectivity index (χ4n) is 3.87. The van der Waals surface area contributed by atoms with Crippen LogP contribution < -0.4 is 10.6 Å². The summed E-state index contributed by atoms with van der Waals surface area (Å²) in [5.74, 6) is 0. The molecule has 1 aromatic rings. The normalized spacial score (nSPS) is 20.2. The van der Waals surface area contributed by atoms with E-state index in [1.54, 1.807) is 12.1 Å². The Kier molecular flexibility index (Phi) is 6.14. The molecule has 0 saturated carbocycles. The monoisotopic (exact) mass is 372 g/mol. The smallest absolute Gasteiger partial charge is 0.310 e. The number of nitrogens with zero attached hydrogens (tertiary/aromatic N) is 4. The van der Waals surface area contributed by atoms with Gasteiger partial charge in [0.2, 0.25) is 0 Å². The Morgan fingerprint density at radius 2 is 1.56 bits per heavy atom. The van der Waals surface area contributed by atoms with Crippen molar-refractivity contribution in [1.82, 2.24) is 9.80 Å². The van der Waals surface area contributed by atoms with Crippen LogP contribution in [0.4, 0.5) is 17.1 Å². The summed E-state index contributed by atoms with van der Waals surface area (Å²) in [6.45, 7) is 3.97. The van der Waals surface area contributed by atoms with E-state index in [2.05, 4.69) is 34.5 Å². The van der Waals surface area contributed by atoms with Crippen molar-refractivity contribution in [2.75, 3.05) is 50.9 Å². The van der Waals surface area contributed by atoms with Crippen LogP contribution in [-0.4, -0.2) is 67.1 Å². The van der Waals surface area contributed by atoms with E-state index in [1.807, 2.05) is 6.07 Å². The standard InChI is InChI=1S/C19H28N6O2/c1-23-7-3-15(4-8-23)21-17-11-14(13-20)19(25(26)27)18(12-17)22-16-5-9-24(2)10-6-16/h11-12,15-16,21-22H,3-10H2,1-2H3. The zero-order chi connectivity index (χ0) is 19.4. The minimum Gasteiger partial charge on any atom is -0.382 e. The maximum absolute atomic E-state index is 11.6. The number of nitro benzene ring substituents is 1. The van der Waals surface area contributed by atoms with E-state index in [0.29, 0.717) is 11.7 Å². The molecule has 2 heterocycles. The van der Waals surface area contributed by atoms with Crippen LogP contribution in [0.2, 0.25) is 0 Å². The molecule has 8 nitrogen and oxygen atoms in total. The number of likely N-dealkylation sites (tertiary alicyclic amines) is 2. The third-order valence-corrected chi connectivity index (χ3v) is 5.58. The summed E-state index contributed by atoms with van der Waals surface area (Å²) in [5, 5.41) is 27.9. The SMILES string of the molecule is CN1CCC(Nc2cc(C#N)c([N+](=O)[O-])c(NC3CCN(C)CC3)c2)CC1. The van der Waals surface area contributed by atoms with Crippen LogP contribution in [0.15, 0.2) is 12.1 Å². The molecule has 3 rings (SSSR count). The van der Waals surface area contributed by atoms with Gasteiger partial charge in [0.1, 0.15) is 17.3 Å². The topological polar surface area (TPSA) is 97.5 Å². The first-order valence-corrected chi connectivity index (χ1v) is 9.59. The number of hydrogen-bond acceptors (Lipinski definition) is 7. The number of benzene rings is 1. The first kappa shape index (κ1) is 19.4. The van der Waals surface area contributed by atoms with Crippen LogP contribution in [0.25, 0.3) is 0 Å². The highest BCUT2D eigenvalue weighted by Gasteiger charge is 2.26. The van der Waals surface area contributed by atoms with Crippen LogP contribution in [0, 0.1) is 21.4 Å². The lowest BCUT2D eigenvalue weighted by molar-refractivity contribution is -0.384. The Hall–Kier alpha value is -2.37. The third kappa shape index (κ3) is 4.87. The van der Waals surface area contributed by atoms with Gasteiger partial charge in [-0.25, -0.2) is 0 Å². The molecule has 2 N–H and O–H groups in total. The molecule has 8 heteroatoms. The number of rotatable bonds is 5.